The van der Waals surface area contributed by atoms with Gasteiger partial charge in [0.1, 0.15) is 11.5 Å². The van der Waals surface area contributed by atoms with Crippen LogP contribution in [0.5, 0.6) is 0 Å². The summed E-state index contributed by atoms with van der Waals surface area (Å²) in [5, 5.41) is 9.59. The Bertz CT molecular complexity index is 1560. The van der Waals surface area contributed by atoms with E-state index in [0.717, 1.165) is 6.26 Å². The second kappa shape index (κ2) is 10.2. The van der Waals surface area contributed by atoms with Crippen LogP contribution >= 0.6 is 11.3 Å². The largest absolute Gasteiger partial charge is 0.312 e. The number of aryl methyl sites for hydroxylation is 1. The zero-order chi connectivity index (χ0) is 25.9. The Morgan fingerprint density at radius 2 is 1.86 bits per heavy atom. The van der Waals surface area contributed by atoms with Crippen molar-refractivity contribution in [2.45, 2.75) is 13.5 Å². The van der Waals surface area contributed by atoms with Crippen molar-refractivity contribution in [2.24, 2.45) is 0 Å². The van der Waals surface area contributed by atoms with E-state index >= 15 is 0 Å². The van der Waals surface area contributed by atoms with Gasteiger partial charge in [0.25, 0.3) is 5.91 Å². The molecule has 0 unspecified atom stereocenters. The Balaban J connectivity index is 1.69. The predicted octanol–water partition coefficient (Wildman–Crippen LogP) is 4.55. The van der Waals surface area contributed by atoms with Crippen molar-refractivity contribution in [3.05, 3.63) is 94.5 Å². The lowest BCUT2D eigenvalue weighted by Gasteiger charge is -2.22. The predicted molar refractivity (Wildman–Crippen MR) is 136 cm³/mol. The van der Waals surface area contributed by atoms with Gasteiger partial charge in [-0.15, -0.1) is 11.3 Å². The van der Waals surface area contributed by atoms with E-state index in [9.17, 15) is 17.6 Å². The van der Waals surface area contributed by atoms with E-state index in [4.69, 9.17) is 5.26 Å². The lowest BCUT2D eigenvalue weighted by Crippen LogP contribution is -2.30. The van der Waals surface area contributed by atoms with Gasteiger partial charge in [0, 0.05) is 27.9 Å². The minimum Gasteiger partial charge on any atom is -0.312 e. The third-order valence-electron chi connectivity index (χ3n) is 5.15. The van der Waals surface area contributed by atoms with Crippen molar-refractivity contribution < 1.29 is 17.6 Å². The molecule has 11 heteroatoms. The number of nitrogens with one attached hydrogen (secondary N) is 1. The van der Waals surface area contributed by atoms with Crippen LogP contribution in [0.3, 0.4) is 0 Å². The zero-order valence-corrected chi connectivity index (χ0v) is 20.9. The summed E-state index contributed by atoms with van der Waals surface area (Å²) in [5.41, 5.74) is 2.90. The molecule has 0 atom stereocenters. The molecule has 2 aromatic heterocycles. The first kappa shape index (κ1) is 25.0. The number of nitrogens with zero attached hydrogens (tertiary/aromatic N) is 4. The normalized spacial score (nSPS) is 11.1. The molecule has 4 aromatic rings. The van der Waals surface area contributed by atoms with Gasteiger partial charge in [-0.2, -0.15) is 5.26 Å². The molecule has 0 aliphatic rings. The number of halogens is 1. The summed E-state index contributed by atoms with van der Waals surface area (Å²) in [4.78, 5) is 23.7. The van der Waals surface area contributed by atoms with Crippen molar-refractivity contribution in [3.63, 3.8) is 0 Å². The lowest BCUT2D eigenvalue weighted by molar-refractivity contribution is 0.0977. The highest BCUT2D eigenvalue weighted by molar-refractivity contribution is 7.89. The van der Waals surface area contributed by atoms with Crippen molar-refractivity contribution in [2.75, 3.05) is 11.2 Å². The standard InChI is InChI=1S/C25H20FN5O3S2/c1-16-23(24(32)30-36(2,33)34)29-25(35-16)31(20-11-7-17(13-27)8-12-20)15-19-10-9-18(14-28-19)21-5-3-4-6-22(21)26/h3-12,14H,15H2,1-2H3,(H,30,32). The number of anilines is 2. The molecule has 0 aliphatic heterocycles. The van der Waals surface area contributed by atoms with E-state index in [1.165, 1.54) is 17.4 Å². The summed E-state index contributed by atoms with van der Waals surface area (Å²) >= 11 is 1.22. The maximum Gasteiger partial charge on any atom is 0.284 e. The molecule has 0 aliphatic carbocycles. The molecular formula is C25H20FN5O3S2. The van der Waals surface area contributed by atoms with Gasteiger partial charge in [-0.25, -0.2) is 22.5 Å². The topological polar surface area (TPSA) is 116 Å². The van der Waals surface area contributed by atoms with Gasteiger partial charge < -0.3 is 4.90 Å². The molecule has 0 spiro atoms. The minimum atomic E-state index is -3.75. The number of pyridine rings is 1. The minimum absolute atomic E-state index is 0.00179. The number of nitriles is 1. The number of carbonyl (C=O) groups is 1. The monoisotopic (exact) mass is 521 g/mol. The molecule has 0 saturated heterocycles. The maximum absolute atomic E-state index is 14.2. The number of sulfonamides is 1. The van der Waals surface area contributed by atoms with Crippen molar-refractivity contribution in [1.29, 1.82) is 5.26 Å². The van der Waals surface area contributed by atoms with Gasteiger partial charge in [0.05, 0.1) is 30.1 Å². The van der Waals surface area contributed by atoms with Gasteiger partial charge in [0.15, 0.2) is 5.13 Å². The number of hydrogen-bond donors (Lipinski definition) is 1. The molecule has 1 N–H and O–H groups in total. The van der Waals surface area contributed by atoms with E-state index < -0.39 is 15.9 Å². The third kappa shape index (κ3) is 5.73. The summed E-state index contributed by atoms with van der Waals surface area (Å²) in [6, 6.07) is 18.9. The van der Waals surface area contributed by atoms with Crippen LogP contribution in [0.1, 0.15) is 26.6 Å². The van der Waals surface area contributed by atoms with E-state index in [1.54, 1.807) is 72.6 Å². The summed E-state index contributed by atoms with van der Waals surface area (Å²) in [7, 11) is -3.75. The van der Waals surface area contributed by atoms with Gasteiger partial charge in [-0.05, 0) is 43.3 Å². The Labute approximate surface area is 211 Å². The number of rotatable bonds is 7. The number of aromatic nitrogens is 2. The van der Waals surface area contributed by atoms with Crippen LogP contribution in [0.25, 0.3) is 11.1 Å². The first-order chi connectivity index (χ1) is 17.1. The Morgan fingerprint density at radius 3 is 2.47 bits per heavy atom. The van der Waals surface area contributed by atoms with Crippen LogP contribution < -0.4 is 9.62 Å². The highest BCUT2D eigenvalue weighted by Crippen LogP contribution is 2.33. The van der Waals surface area contributed by atoms with Crippen LogP contribution in [0.15, 0.2) is 66.9 Å². The van der Waals surface area contributed by atoms with Gasteiger partial charge in [-0.1, -0.05) is 24.3 Å². The van der Waals surface area contributed by atoms with Crippen LogP contribution in [0.4, 0.5) is 15.2 Å². The second-order valence-electron chi connectivity index (χ2n) is 7.87. The molecule has 0 bridgehead atoms. The number of carbonyl (C=O) groups excluding carboxylic acids is 1. The highest BCUT2D eigenvalue weighted by Gasteiger charge is 2.22. The molecule has 8 nitrogen and oxygen atoms in total. The van der Waals surface area contributed by atoms with Crippen molar-refractivity contribution in [1.82, 2.24) is 14.7 Å². The molecule has 182 valence electrons. The first-order valence-electron chi connectivity index (χ1n) is 10.6. The SMILES string of the molecule is Cc1sc(N(Cc2ccc(-c3ccccc3F)cn2)c2ccc(C#N)cc2)nc1C(=O)NS(C)(=O)=O. The average molecular weight is 522 g/mol. The van der Waals surface area contributed by atoms with Crippen molar-refractivity contribution in [3.8, 4) is 17.2 Å². The fraction of sp³-hybridized carbons (Fsp3) is 0.120. The van der Waals surface area contributed by atoms with E-state index in [0.29, 0.717) is 38.1 Å². The highest BCUT2D eigenvalue weighted by atomic mass is 32.2. The molecule has 1 amide bonds. The van der Waals surface area contributed by atoms with E-state index in [2.05, 4.69) is 16.0 Å². The molecule has 0 saturated carbocycles. The molecule has 2 heterocycles. The summed E-state index contributed by atoms with van der Waals surface area (Å²) in [6.07, 6.45) is 2.48. The van der Waals surface area contributed by atoms with Gasteiger partial charge in [-0.3, -0.25) is 9.78 Å². The lowest BCUT2D eigenvalue weighted by atomic mass is 10.1. The number of hydrogen-bond acceptors (Lipinski definition) is 8. The maximum atomic E-state index is 14.2. The van der Waals surface area contributed by atoms with Crippen LogP contribution in [0, 0.1) is 24.1 Å². The first-order valence-corrected chi connectivity index (χ1v) is 13.3. The molecule has 2 aromatic carbocycles. The number of amides is 1. The summed E-state index contributed by atoms with van der Waals surface area (Å²) in [5.74, 6) is -1.16. The molecule has 0 radical (unpaired) electrons. The van der Waals surface area contributed by atoms with Crippen LogP contribution in [0.2, 0.25) is 0 Å². The van der Waals surface area contributed by atoms with Crippen LogP contribution in [-0.4, -0.2) is 30.5 Å². The van der Waals surface area contributed by atoms with Crippen molar-refractivity contribution >= 4 is 38.1 Å². The van der Waals surface area contributed by atoms with E-state index in [-0.39, 0.29) is 18.1 Å². The van der Waals surface area contributed by atoms with E-state index in [1.807, 2.05) is 4.72 Å². The molecule has 0 fully saturated rings. The van der Waals surface area contributed by atoms with Gasteiger partial charge in [0.2, 0.25) is 10.0 Å². The zero-order valence-electron chi connectivity index (χ0n) is 19.3. The number of benzene rings is 2. The fourth-order valence-corrected chi connectivity index (χ4v) is 4.80. The third-order valence-corrected chi connectivity index (χ3v) is 6.70. The summed E-state index contributed by atoms with van der Waals surface area (Å²) in [6.45, 7) is 1.93. The second-order valence-corrected chi connectivity index (χ2v) is 10.8. The fourth-order valence-electron chi connectivity index (χ4n) is 3.45. The smallest absolute Gasteiger partial charge is 0.284 e. The Morgan fingerprint density at radius 1 is 1.14 bits per heavy atom. The Kier molecular flexibility index (Phi) is 7.10. The summed E-state index contributed by atoms with van der Waals surface area (Å²) < 4.78 is 39.1. The quantitative estimate of drug-likeness (QED) is 0.379. The van der Waals surface area contributed by atoms with Gasteiger partial charge >= 0.3 is 0 Å². The molecule has 36 heavy (non-hydrogen) atoms. The average Bonchev–Trinajstić information content (AvgIpc) is 3.24. The molecule has 4 rings (SSSR count). The molecular weight excluding hydrogens is 501 g/mol. The number of thiazole rings is 1. The van der Waals surface area contributed by atoms with Crippen LogP contribution in [-0.2, 0) is 16.6 Å². The Hall–Kier alpha value is -4.14.